The van der Waals surface area contributed by atoms with Crippen LogP contribution in [-0.2, 0) is 27.1 Å². The molecule has 4 aromatic rings. The summed E-state index contributed by atoms with van der Waals surface area (Å²) in [6.07, 6.45) is 5.98. The Hall–Kier alpha value is -4.48. The largest absolute Gasteiger partial charge is 0.465 e. The topological polar surface area (TPSA) is 156 Å². The van der Waals surface area contributed by atoms with Gasteiger partial charge in [0.2, 0.25) is 5.91 Å². The second kappa shape index (κ2) is 14.3. The van der Waals surface area contributed by atoms with Crippen molar-refractivity contribution < 1.29 is 24.2 Å². The molecule has 1 aliphatic rings. The molecule has 0 spiro atoms. The first-order valence-electron chi connectivity index (χ1n) is 14.9. The summed E-state index contributed by atoms with van der Waals surface area (Å²) in [5, 5.41) is 13.1. The van der Waals surface area contributed by atoms with Crippen molar-refractivity contribution in [2.45, 2.75) is 56.8 Å². The zero-order chi connectivity index (χ0) is 31.1. The lowest BCUT2D eigenvalue weighted by atomic mass is 9.94. The van der Waals surface area contributed by atoms with Crippen LogP contribution in [0.4, 0.5) is 10.6 Å². The molecule has 1 aromatic carbocycles. The Bertz CT molecular complexity index is 1550. The average molecular weight is 601 g/mol. The Balaban J connectivity index is 1.21. The molecule has 2 amide bonds. The Morgan fingerprint density at radius 2 is 1.86 bits per heavy atom. The van der Waals surface area contributed by atoms with Gasteiger partial charge in [0.1, 0.15) is 5.82 Å². The lowest BCUT2D eigenvalue weighted by molar-refractivity contribution is -0.132. The number of nitrogens with zero attached hydrogens (tertiary/aromatic N) is 3. The van der Waals surface area contributed by atoms with E-state index in [-0.39, 0.29) is 24.5 Å². The number of carbonyl (C=O) groups excluding carboxylic acids is 1. The summed E-state index contributed by atoms with van der Waals surface area (Å²) in [6.45, 7) is 1.24. The molecule has 0 saturated carbocycles. The molecule has 0 radical (unpaired) electrons. The molecule has 1 fully saturated rings. The number of methoxy groups -OCH3 is 2. The van der Waals surface area contributed by atoms with Crippen LogP contribution < -0.4 is 11.1 Å². The predicted molar refractivity (Wildman–Crippen MR) is 168 cm³/mol. The molecule has 11 nitrogen and oxygen atoms in total. The second-order valence-corrected chi connectivity index (χ2v) is 11.3. The molecule has 4 heterocycles. The number of amides is 2. The maximum absolute atomic E-state index is 13.5. The number of benzene rings is 1. The highest BCUT2D eigenvalue weighted by atomic mass is 16.7. The number of H-pyrrole nitrogens is 1. The molecule has 0 bridgehead atoms. The lowest BCUT2D eigenvalue weighted by Gasteiger charge is -2.33. The van der Waals surface area contributed by atoms with Crippen LogP contribution in [0.15, 0.2) is 60.9 Å². The number of likely N-dealkylation sites (tertiary alicyclic amines) is 1. The predicted octanol–water partition coefficient (Wildman–Crippen LogP) is 4.73. The number of aryl methyl sites for hydroxylation is 1. The monoisotopic (exact) mass is 600 g/mol. The second-order valence-electron chi connectivity index (χ2n) is 11.3. The summed E-state index contributed by atoms with van der Waals surface area (Å²) >= 11 is 0. The highest BCUT2D eigenvalue weighted by Crippen LogP contribution is 2.30. The zero-order valence-corrected chi connectivity index (χ0v) is 25.2. The molecule has 232 valence electrons. The molecular formula is C33H40N6O5. The summed E-state index contributed by atoms with van der Waals surface area (Å²) in [7, 11) is 3.26. The lowest BCUT2D eigenvalue weighted by Crippen LogP contribution is -2.44. The van der Waals surface area contributed by atoms with Gasteiger partial charge in [-0.2, -0.15) is 0 Å². The van der Waals surface area contributed by atoms with Crippen molar-refractivity contribution in [1.82, 2.24) is 25.2 Å². The number of carbonyl (C=O) groups is 2. The summed E-state index contributed by atoms with van der Waals surface area (Å²) in [5.41, 5.74) is 11.6. The third-order valence-electron chi connectivity index (χ3n) is 8.26. The van der Waals surface area contributed by atoms with Gasteiger partial charge in [-0.3, -0.25) is 9.78 Å². The molecule has 3 aromatic heterocycles. The standard InChI is InChI=1S/C33H40N6O5/c1-43-32(44-2)12-10-26-16-29-25(19-35-26)15-28(38-29)24-4-3-13-39(20-24)31(40)17-27(37-33(41)42)14-21-5-7-22(8-6-21)23-9-11-30(34)36-18-23/h5-9,11,15-16,18-19,24,27,32,37-38H,3-4,10,12-14,17,20H2,1-2H3,(H2,34,36)(H,41,42)/t24-,27-/m1/s1. The van der Waals surface area contributed by atoms with Crippen molar-refractivity contribution in [3.63, 3.8) is 0 Å². The van der Waals surface area contributed by atoms with E-state index in [2.05, 4.69) is 32.4 Å². The highest BCUT2D eigenvalue weighted by Gasteiger charge is 2.28. The smallest absolute Gasteiger partial charge is 0.404 e. The van der Waals surface area contributed by atoms with Gasteiger partial charge in [0.25, 0.3) is 0 Å². The first-order chi connectivity index (χ1) is 21.3. The third kappa shape index (κ3) is 7.91. The van der Waals surface area contributed by atoms with E-state index in [9.17, 15) is 14.7 Å². The molecule has 11 heteroatoms. The third-order valence-corrected chi connectivity index (χ3v) is 8.26. The number of piperidine rings is 1. The number of nitrogen functional groups attached to an aromatic ring is 1. The van der Waals surface area contributed by atoms with Crippen LogP contribution in [0, 0.1) is 0 Å². The number of aromatic nitrogens is 3. The van der Waals surface area contributed by atoms with E-state index in [1.165, 1.54) is 0 Å². The van der Waals surface area contributed by atoms with Crippen LogP contribution in [0.1, 0.15) is 48.6 Å². The van der Waals surface area contributed by atoms with Gasteiger partial charge in [-0.15, -0.1) is 0 Å². The summed E-state index contributed by atoms with van der Waals surface area (Å²) in [4.78, 5) is 39.2. The van der Waals surface area contributed by atoms with Crippen molar-refractivity contribution in [1.29, 1.82) is 0 Å². The molecule has 44 heavy (non-hydrogen) atoms. The van der Waals surface area contributed by atoms with Gasteiger partial charge in [0.05, 0.1) is 0 Å². The zero-order valence-electron chi connectivity index (χ0n) is 25.2. The summed E-state index contributed by atoms with van der Waals surface area (Å²) < 4.78 is 10.6. The molecule has 1 aliphatic heterocycles. The molecule has 2 atom stereocenters. The van der Waals surface area contributed by atoms with Crippen molar-refractivity contribution in [3.05, 3.63) is 77.9 Å². The van der Waals surface area contributed by atoms with Crippen LogP contribution in [0.2, 0.25) is 0 Å². The average Bonchev–Trinajstić information content (AvgIpc) is 3.46. The fraction of sp³-hybridized carbons (Fsp3) is 0.394. The van der Waals surface area contributed by atoms with Crippen LogP contribution in [0.3, 0.4) is 0 Å². The number of carboxylic acid groups (broad SMARTS) is 1. The van der Waals surface area contributed by atoms with Crippen LogP contribution in [0.5, 0.6) is 0 Å². The van der Waals surface area contributed by atoms with Gasteiger partial charge in [-0.25, -0.2) is 9.78 Å². The van der Waals surface area contributed by atoms with Crippen molar-refractivity contribution in [3.8, 4) is 11.1 Å². The summed E-state index contributed by atoms with van der Waals surface area (Å²) in [5.74, 6) is 0.570. The molecule has 5 N–H and O–H groups in total. The summed E-state index contributed by atoms with van der Waals surface area (Å²) in [6, 6.07) is 15.1. The minimum Gasteiger partial charge on any atom is -0.465 e. The van der Waals surface area contributed by atoms with Gasteiger partial charge in [0.15, 0.2) is 6.29 Å². The number of pyridine rings is 2. The van der Waals surface area contributed by atoms with E-state index in [0.717, 1.165) is 58.2 Å². The molecule has 0 aliphatic carbocycles. The van der Waals surface area contributed by atoms with Gasteiger partial charge in [0, 0.05) is 92.4 Å². The fourth-order valence-corrected chi connectivity index (χ4v) is 5.89. The molecule has 5 rings (SSSR count). The minimum absolute atomic E-state index is 0.0519. The number of aromatic amines is 1. The van der Waals surface area contributed by atoms with Gasteiger partial charge >= 0.3 is 6.09 Å². The maximum Gasteiger partial charge on any atom is 0.404 e. The number of nitrogens with two attached hydrogens (primary N) is 1. The van der Waals surface area contributed by atoms with E-state index in [1.807, 2.05) is 41.4 Å². The highest BCUT2D eigenvalue weighted by molar-refractivity contribution is 5.80. The van der Waals surface area contributed by atoms with Crippen molar-refractivity contribution in [2.24, 2.45) is 0 Å². The number of fused-ring (bicyclic) bond motifs is 1. The van der Waals surface area contributed by atoms with Crippen molar-refractivity contribution >= 4 is 28.7 Å². The number of hydrogen-bond donors (Lipinski definition) is 4. The van der Waals surface area contributed by atoms with Gasteiger partial charge < -0.3 is 35.5 Å². The first kappa shape index (κ1) is 31.0. The first-order valence-corrected chi connectivity index (χ1v) is 14.9. The Kier molecular flexibility index (Phi) is 10.1. The van der Waals surface area contributed by atoms with E-state index < -0.39 is 12.1 Å². The van der Waals surface area contributed by atoms with Crippen LogP contribution >= 0.6 is 0 Å². The van der Waals surface area contributed by atoms with E-state index >= 15 is 0 Å². The fourth-order valence-electron chi connectivity index (χ4n) is 5.89. The number of rotatable bonds is 12. The number of hydrogen-bond acceptors (Lipinski definition) is 7. The number of nitrogens with one attached hydrogen (secondary N) is 2. The van der Waals surface area contributed by atoms with E-state index in [0.29, 0.717) is 31.7 Å². The van der Waals surface area contributed by atoms with Crippen molar-refractivity contribution in [2.75, 3.05) is 33.0 Å². The Morgan fingerprint density at radius 1 is 1.09 bits per heavy atom. The van der Waals surface area contributed by atoms with Crippen LogP contribution in [-0.4, -0.2) is 76.6 Å². The Morgan fingerprint density at radius 3 is 2.57 bits per heavy atom. The maximum atomic E-state index is 13.5. The number of ether oxygens (including phenoxy) is 2. The van der Waals surface area contributed by atoms with Gasteiger partial charge in [-0.1, -0.05) is 24.3 Å². The SMILES string of the molecule is COC(CCc1cc2[nH]c([C@@H]3CCCN(C(=O)C[C@@H](Cc4ccc(-c5ccc(N)nc5)cc4)NC(=O)O)C3)cc2cn1)OC. The quantitative estimate of drug-likeness (QED) is 0.170. The van der Waals surface area contributed by atoms with Gasteiger partial charge in [-0.05, 0) is 61.1 Å². The van der Waals surface area contributed by atoms with E-state index in [4.69, 9.17) is 15.2 Å². The normalized spacial score (nSPS) is 15.9. The molecular weight excluding hydrogens is 560 g/mol. The van der Waals surface area contributed by atoms with Crippen LogP contribution in [0.25, 0.3) is 22.0 Å². The molecule has 0 unspecified atom stereocenters. The Labute approximate surface area is 256 Å². The minimum atomic E-state index is -1.14. The molecule has 1 saturated heterocycles. The number of anilines is 1. The van der Waals surface area contributed by atoms with E-state index in [1.54, 1.807) is 26.5 Å².